The number of anilines is 1. The first kappa shape index (κ1) is 12.6. The van der Waals surface area contributed by atoms with Gasteiger partial charge in [0.05, 0.1) is 6.33 Å². The minimum atomic E-state index is -0.132. The van der Waals surface area contributed by atoms with Gasteiger partial charge < -0.3 is 15.6 Å². The van der Waals surface area contributed by atoms with E-state index in [1.54, 1.807) is 0 Å². The fraction of sp³-hybridized carbons (Fsp3) is 0.636. The molecule has 1 aromatic heterocycles. The molecule has 0 bridgehead atoms. The first-order valence-electron chi connectivity index (χ1n) is 5.94. The van der Waals surface area contributed by atoms with E-state index in [1.807, 2.05) is 0 Å². The largest absolute Gasteiger partial charge is 0.352 e. The van der Waals surface area contributed by atoms with Gasteiger partial charge in [0.15, 0.2) is 5.82 Å². The molecule has 5 nitrogen and oxygen atoms in total. The zero-order valence-electron chi connectivity index (χ0n) is 9.66. The van der Waals surface area contributed by atoms with Crippen molar-refractivity contribution in [2.75, 3.05) is 18.0 Å². The van der Waals surface area contributed by atoms with E-state index in [1.165, 1.54) is 25.6 Å². The Morgan fingerprint density at radius 1 is 1.59 bits per heavy atom. The number of aromatic amines is 1. The Bertz CT molecular complexity index is 430. The monoisotopic (exact) mass is 300 g/mol. The molecule has 1 aliphatic carbocycles. The molecule has 0 unspecified atom stereocenters. The number of nitrogens with two attached hydrogens (primary N) is 1. The summed E-state index contributed by atoms with van der Waals surface area (Å²) in [4.78, 5) is 20.6. The lowest BCUT2D eigenvalue weighted by molar-refractivity contribution is 0.382. The summed E-state index contributed by atoms with van der Waals surface area (Å²) in [5.74, 6) is 0.743. The van der Waals surface area contributed by atoms with Crippen LogP contribution >= 0.6 is 15.9 Å². The van der Waals surface area contributed by atoms with Crippen LogP contribution in [-0.2, 0) is 0 Å². The molecular weight excluding hydrogens is 284 g/mol. The number of nitrogens with zero attached hydrogens (tertiary/aromatic N) is 2. The second kappa shape index (κ2) is 5.64. The number of nitrogens with one attached hydrogen (secondary N) is 1. The van der Waals surface area contributed by atoms with Crippen molar-refractivity contribution in [3.05, 3.63) is 21.2 Å². The minimum absolute atomic E-state index is 0.132. The highest BCUT2D eigenvalue weighted by molar-refractivity contribution is 9.10. The van der Waals surface area contributed by atoms with Crippen molar-refractivity contribution < 1.29 is 0 Å². The Labute approximate surface area is 109 Å². The highest BCUT2D eigenvalue weighted by atomic mass is 79.9. The Morgan fingerprint density at radius 3 is 2.94 bits per heavy atom. The van der Waals surface area contributed by atoms with Gasteiger partial charge in [0.2, 0.25) is 0 Å². The van der Waals surface area contributed by atoms with Gasteiger partial charge in [-0.25, -0.2) is 4.98 Å². The molecule has 0 radical (unpaired) electrons. The number of hydrogen-bond acceptors (Lipinski definition) is 4. The molecule has 3 N–H and O–H groups in total. The standard InChI is InChI=1S/C11H17BrN4O/c12-9-10(14-7-15-11(9)17)16(6-2-5-13)8-3-1-4-8/h7-8H,1-6,13H2,(H,14,15,17). The average Bonchev–Trinajstić information content (AvgIpc) is 2.26. The molecule has 1 fully saturated rings. The molecular formula is C11H17BrN4O. The normalized spacial score (nSPS) is 15.6. The van der Waals surface area contributed by atoms with Gasteiger partial charge in [-0.3, -0.25) is 4.79 Å². The van der Waals surface area contributed by atoms with Crippen LogP contribution in [0.4, 0.5) is 5.82 Å². The van der Waals surface area contributed by atoms with Crippen LogP contribution in [0.15, 0.2) is 15.6 Å². The predicted molar refractivity (Wildman–Crippen MR) is 71.2 cm³/mol. The molecule has 1 saturated carbocycles. The number of hydrogen-bond donors (Lipinski definition) is 2. The Hall–Kier alpha value is -0.880. The van der Waals surface area contributed by atoms with Crippen molar-refractivity contribution in [2.45, 2.75) is 31.7 Å². The maximum atomic E-state index is 11.6. The lowest BCUT2D eigenvalue weighted by atomic mass is 9.91. The summed E-state index contributed by atoms with van der Waals surface area (Å²) in [5, 5.41) is 0. The summed E-state index contributed by atoms with van der Waals surface area (Å²) in [6.45, 7) is 1.51. The highest BCUT2D eigenvalue weighted by Gasteiger charge is 2.27. The highest BCUT2D eigenvalue weighted by Crippen LogP contribution is 2.30. The maximum absolute atomic E-state index is 11.6. The molecule has 17 heavy (non-hydrogen) atoms. The van der Waals surface area contributed by atoms with E-state index in [4.69, 9.17) is 5.73 Å². The fourth-order valence-electron chi connectivity index (χ4n) is 2.00. The van der Waals surface area contributed by atoms with E-state index in [9.17, 15) is 4.79 Å². The van der Waals surface area contributed by atoms with Crippen molar-refractivity contribution in [1.82, 2.24) is 9.97 Å². The smallest absolute Gasteiger partial charge is 0.267 e. The van der Waals surface area contributed by atoms with Crippen molar-refractivity contribution in [2.24, 2.45) is 5.73 Å². The average molecular weight is 301 g/mol. The van der Waals surface area contributed by atoms with Gasteiger partial charge in [-0.2, -0.15) is 0 Å². The molecule has 0 atom stereocenters. The number of H-pyrrole nitrogens is 1. The topological polar surface area (TPSA) is 75.0 Å². The first-order chi connectivity index (χ1) is 8.24. The van der Waals surface area contributed by atoms with E-state index in [2.05, 4.69) is 30.8 Å². The summed E-state index contributed by atoms with van der Waals surface area (Å²) in [6.07, 6.45) is 5.97. The summed E-state index contributed by atoms with van der Waals surface area (Å²) in [6, 6.07) is 0.507. The zero-order valence-corrected chi connectivity index (χ0v) is 11.2. The number of halogens is 1. The van der Waals surface area contributed by atoms with Crippen molar-refractivity contribution in [1.29, 1.82) is 0 Å². The van der Waals surface area contributed by atoms with E-state index in [0.717, 1.165) is 18.8 Å². The number of aromatic nitrogens is 2. The third kappa shape index (κ3) is 2.69. The third-order valence-electron chi connectivity index (χ3n) is 3.17. The molecule has 0 amide bonds. The second-order valence-electron chi connectivity index (χ2n) is 4.29. The second-order valence-corrected chi connectivity index (χ2v) is 5.08. The van der Waals surface area contributed by atoms with Gasteiger partial charge in [-0.05, 0) is 48.2 Å². The summed E-state index contributed by atoms with van der Waals surface area (Å²) < 4.78 is 0.518. The van der Waals surface area contributed by atoms with Gasteiger partial charge >= 0.3 is 0 Å². The molecule has 1 heterocycles. The quantitative estimate of drug-likeness (QED) is 0.858. The van der Waals surface area contributed by atoms with Crippen LogP contribution in [0.25, 0.3) is 0 Å². The molecule has 1 aliphatic rings. The molecule has 6 heteroatoms. The zero-order chi connectivity index (χ0) is 12.3. The minimum Gasteiger partial charge on any atom is -0.352 e. The van der Waals surface area contributed by atoms with E-state index >= 15 is 0 Å². The fourth-order valence-corrected chi connectivity index (χ4v) is 2.44. The molecule has 94 valence electrons. The molecule has 0 aromatic carbocycles. The van der Waals surface area contributed by atoms with Gasteiger partial charge in [0, 0.05) is 12.6 Å². The summed E-state index contributed by atoms with van der Waals surface area (Å²) >= 11 is 3.32. The van der Waals surface area contributed by atoms with Crippen molar-refractivity contribution in [3.8, 4) is 0 Å². The van der Waals surface area contributed by atoms with Crippen molar-refractivity contribution >= 4 is 21.7 Å². The summed E-state index contributed by atoms with van der Waals surface area (Å²) in [7, 11) is 0. The lowest BCUT2D eigenvalue weighted by Crippen LogP contribution is -2.42. The van der Waals surface area contributed by atoms with Crippen LogP contribution in [0, 0.1) is 0 Å². The predicted octanol–water partition coefficient (Wildman–Crippen LogP) is 1.24. The number of rotatable bonds is 5. The third-order valence-corrected chi connectivity index (χ3v) is 3.88. The lowest BCUT2D eigenvalue weighted by Gasteiger charge is -2.38. The van der Waals surface area contributed by atoms with Gasteiger partial charge in [-0.15, -0.1) is 0 Å². The van der Waals surface area contributed by atoms with E-state index in [-0.39, 0.29) is 5.56 Å². The maximum Gasteiger partial charge on any atom is 0.267 e. The van der Waals surface area contributed by atoms with Crippen LogP contribution in [-0.4, -0.2) is 29.1 Å². The first-order valence-corrected chi connectivity index (χ1v) is 6.73. The van der Waals surface area contributed by atoms with Crippen molar-refractivity contribution in [3.63, 3.8) is 0 Å². The molecule has 0 aliphatic heterocycles. The van der Waals surface area contributed by atoms with Crippen LogP contribution in [0.2, 0.25) is 0 Å². The van der Waals surface area contributed by atoms with Crippen LogP contribution in [0.1, 0.15) is 25.7 Å². The Morgan fingerprint density at radius 2 is 2.35 bits per heavy atom. The Balaban J connectivity index is 2.24. The van der Waals surface area contributed by atoms with Crippen LogP contribution < -0.4 is 16.2 Å². The van der Waals surface area contributed by atoms with Crippen LogP contribution in [0.5, 0.6) is 0 Å². The molecule has 0 saturated heterocycles. The Kier molecular flexibility index (Phi) is 4.17. The summed E-state index contributed by atoms with van der Waals surface area (Å²) in [5.41, 5.74) is 5.42. The SMILES string of the molecule is NCCCN(c1nc[nH]c(=O)c1Br)C1CCC1. The van der Waals surface area contributed by atoms with E-state index in [0.29, 0.717) is 17.1 Å². The van der Waals surface area contributed by atoms with Crippen LogP contribution in [0.3, 0.4) is 0 Å². The van der Waals surface area contributed by atoms with Gasteiger partial charge in [-0.1, -0.05) is 0 Å². The van der Waals surface area contributed by atoms with Gasteiger partial charge in [0.25, 0.3) is 5.56 Å². The van der Waals surface area contributed by atoms with E-state index < -0.39 is 0 Å². The molecule has 0 spiro atoms. The van der Waals surface area contributed by atoms with Gasteiger partial charge in [0.1, 0.15) is 4.47 Å². The molecule has 2 rings (SSSR count). The molecule has 1 aromatic rings.